The van der Waals surface area contributed by atoms with Gasteiger partial charge >= 0.3 is 0 Å². The van der Waals surface area contributed by atoms with Crippen molar-refractivity contribution in [2.75, 3.05) is 13.6 Å². The molecular formula is C16H24IN5. The van der Waals surface area contributed by atoms with E-state index in [4.69, 9.17) is 0 Å². The first-order valence-electron chi connectivity index (χ1n) is 7.36. The third kappa shape index (κ3) is 5.32. The second-order valence-corrected chi connectivity index (χ2v) is 4.80. The molecule has 0 aliphatic carbocycles. The molecule has 6 heteroatoms. The lowest BCUT2D eigenvalue weighted by Crippen LogP contribution is -2.37. The Morgan fingerprint density at radius 2 is 2.09 bits per heavy atom. The van der Waals surface area contributed by atoms with Gasteiger partial charge in [-0.25, -0.2) is 4.98 Å². The molecule has 1 aromatic carbocycles. The third-order valence-electron chi connectivity index (χ3n) is 3.27. The van der Waals surface area contributed by atoms with Crippen LogP contribution in [-0.2, 0) is 6.54 Å². The minimum atomic E-state index is 0. The Kier molecular flexibility index (Phi) is 8.57. The van der Waals surface area contributed by atoms with Gasteiger partial charge in [0.25, 0.3) is 0 Å². The molecule has 0 aliphatic rings. The van der Waals surface area contributed by atoms with Crippen LogP contribution in [0.3, 0.4) is 0 Å². The predicted molar refractivity (Wildman–Crippen MR) is 102 cm³/mol. The van der Waals surface area contributed by atoms with Gasteiger partial charge in [-0.05, 0) is 18.1 Å². The molecule has 120 valence electrons. The zero-order valence-corrected chi connectivity index (χ0v) is 15.5. The van der Waals surface area contributed by atoms with Crippen molar-refractivity contribution in [1.29, 1.82) is 0 Å². The van der Waals surface area contributed by atoms with E-state index in [9.17, 15) is 0 Å². The standard InChI is InChI=1S/C16H23N5.HI/c1-3-4-9-19-16(17-2)20-12-14-7-5-6-8-15(14)21-11-10-18-13-21;/h5-8,10-11,13H,3-4,9,12H2,1-2H3,(H2,17,19,20);1H. The lowest BCUT2D eigenvalue weighted by molar-refractivity contribution is 0.728. The molecule has 0 saturated carbocycles. The lowest BCUT2D eigenvalue weighted by Gasteiger charge is -2.14. The summed E-state index contributed by atoms with van der Waals surface area (Å²) in [6.45, 7) is 3.85. The third-order valence-corrected chi connectivity index (χ3v) is 3.27. The second-order valence-electron chi connectivity index (χ2n) is 4.80. The number of halogens is 1. The lowest BCUT2D eigenvalue weighted by atomic mass is 10.1. The molecule has 5 nitrogen and oxygen atoms in total. The summed E-state index contributed by atoms with van der Waals surface area (Å²) in [6, 6.07) is 8.28. The summed E-state index contributed by atoms with van der Waals surface area (Å²) in [4.78, 5) is 8.35. The highest BCUT2D eigenvalue weighted by Crippen LogP contribution is 2.13. The van der Waals surface area contributed by atoms with Gasteiger partial charge in [-0.1, -0.05) is 31.5 Å². The molecule has 0 bridgehead atoms. The van der Waals surface area contributed by atoms with Gasteiger partial charge in [-0.3, -0.25) is 4.99 Å². The van der Waals surface area contributed by atoms with Gasteiger partial charge in [-0.2, -0.15) is 0 Å². The molecule has 2 rings (SSSR count). The molecule has 0 radical (unpaired) electrons. The van der Waals surface area contributed by atoms with Crippen molar-refractivity contribution in [3.8, 4) is 5.69 Å². The molecule has 22 heavy (non-hydrogen) atoms. The minimum absolute atomic E-state index is 0. The van der Waals surface area contributed by atoms with E-state index in [0.717, 1.165) is 31.2 Å². The highest BCUT2D eigenvalue weighted by atomic mass is 127. The largest absolute Gasteiger partial charge is 0.356 e. The predicted octanol–water partition coefficient (Wildman–Crippen LogP) is 2.96. The molecule has 0 unspecified atom stereocenters. The van der Waals surface area contributed by atoms with Crippen LogP contribution in [-0.4, -0.2) is 29.1 Å². The van der Waals surface area contributed by atoms with Gasteiger partial charge in [0, 0.05) is 32.5 Å². The van der Waals surface area contributed by atoms with Gasteiger partial charge in [0.05, 0.1) is 12.0 Å². The number of rotatable bonds is 6. The van der Waals surface area contributed by atoms with Crippen molar-refractivity contribution in [3.63, 3.8) is 0 Å². The number of imidazole rings is 1. The molecule has 0 saturated heterocycles. The fraction of sp³-hybridized carbons (Fsp3) is 0.375. The van der Waals surface area contributed by atoms with Gasteiger partial charge in [0.1, 0.15) is 0 Å². The Morgan fingerprint density at radius 3 is 2.77 bits per heavy atom. The molecule has 0 amide bonds. The maximum absolute atomic E-state index is 4.24. The van der Waals surface area contributed by atoms with Crippen molar-refractivity contribution in [2.45, 2.75) is 26.3 Å². The fourth-order valence-corrected chi connectivity index (χ4v) is 2.10. The summed E-state index contributed by atoms with van der Waals surface area (Å²) in [6.07, 6.45) is 7.87. The molecule has 0 spiro atoms. The Bertz CT molecular complexity index is 566. The van der Waals surface area contributed by atoms with E-state index in [1.807, 2.05) is 29.2 Å². The number of aliphatic imine (C=N–C) groups is 1. The van der Waals surface area contributed by atoms with E-state index in [-0.39, 0.29) is 24.0 Å². The Hall–Kier alpha value is -1.57. The van der Waals surface area contributed by atoms with E-state index in [1.54, 1.807) is 13.2 Å². The summed E-state index contributed by atoms with van der Waals surface area (Å²) in [5.41, 5.74) is 2.33. The zero-order valence-electron chi connectivity index (χ0n) is 13.1. The van der Waals surface area contributed by atoms with Crippen LogP contribution in [0.1, 0.15) is 25.3 Å². The molecule has 1 aromatic heterocycles. The van der Waals surface area contributed by atoms with E-state index in [0.29, 0.717) is 0 Å². The van der Waals surface area contributed by atoms with Crippen molar-refractivity contribution in [1.82, 2.24) is 20.2 Å². The second kappa shape index (κ2) is 10.2. The number of hydrogen-bond donors (Lipinski definition) is 2. The van der Waals surface area contributed by atoms with Crippen LogP contribution >= 0.6 is 24.0 Å². The summed E-state index contributed by atoms with van der Waals surface area (Å²) < 4.78 is 2.02. The minimum Gasteiger partial charge on any atom is -0.356 e. The quantitative estimate of drug-likeness (QED) is 0.332. The Morgan fingerprint density at radius 1 is 1.27 bits per heavy atom. The number of nitrogens with zero attached hydrogens (tertiary/aromatic N) is 3. The number of benzene rings is 1. The number of unbranched alkanes of at least 4 members (excludes halogenated alkanes) is 1. The first kappa shape index (κ1) is 18.5. The highest BCUT2D eigenvalue weighted by Gasteiger charge is 2.04. The van der Waals surface area contributed by atoms with Crippen molar-refractivity contribution < 1.29 is 0 Å². The first-order chi connectivity index (χ1) is 10.3. The fourth-order valence-electron chi connectivity index (χ4n) is 2.10. The molecule has 2 N–H and O–H groups in total. The number of para-hydroxylation sites is 1. The molecule has 0 aliphatic heterocycles. The zero-order chi connectivity index (χ0) is 14.9. The smallest absolute Gasteiger partial charge is 0.191 e. The molecule has 0 fully saturated rings. The Balaban J connectivity index is 0.00000242. The number of hydrogen-bond acceptors (Lipinski definition) is 2. The van der Waals surface area contributed by atoms with E-state index in [1.165, 1.54) is 12.0 Å². The van der Waals surface area contributed by atoms with E-state index in [2.05, 4.69) is 39.7 Å². The van der Waals surface area contributed by atoms with Gasteiger partial charge in [0.2, 0.25) is 0 Å². The Labute approximate surface area is 149 Å². The first-order valence-corrected chi connectivity index (χ1v) is 7.36. The van der Waals surface area contributed by atoms with Crippen molar-refractivity contribution >= 4 is 29.9 Å². The van der Waals surface area contributed by atoms with Crippen molar-refractivity contribution in [3.05, 3.63) is 48.5 Å². The van der Waals surface area contributed by atoms with Crippen molar-refractivity contribution in [2.24, 2.45) is 4.99 Å². The summed E-state index contributed by atoms with van der Waals surface area (Å²) in [5.74, 6) is 0.837. The number of guanidine groups is 1. The van der Waals surface area contributed by atoms with E-state index < -0.39 is 0 Å². The van der Waals surface area contributed by atoms with Crippen LogP contribution in [0.2, 0.25) is 0 Å². The van der Waals surface area contributed by atoms with Crippen LogP contribution in [0.25, 0.3) is 5.69 Å². The molecule has 2 aromatic rings. The number of aromatic nitrogens is 2. The highest BCUT2D eigenvalue weighted by molar-refractivity contribution is 14.0. The average molecular weight is 413 g/mol. The van der Waals surface area contributed by atoms with Gasteiger partial charge in [-0.15, -0.1) is 24.0 Å². The van der Waals surface area contributed by atoms with Crippen LogP contribution in [0.4, 0.5) is 0 Å². The van der Waals surface area contributed by atoms with Crippen LogP contribution < -0.4 is 10.6 Å². The summed E-state index contributed by atoms with van der Waals surface area (Å²) in [5, 5.41) is 6.67. The summed E-state index contributed by atoms with van der Waals surface area (Å²) in [7, 11) is 1.79. The summed E-state index contributed by atoms with van der Waals surface area (Å²) >= 11 is 0. The molecular weight excluding hydrogens is 389 g/mol. The molecule has 1 heterocycles. The molecule has 0 atom stereocenters. The van der Waals surface area contributed by atoms with Gasteiger partial charge < -0.3 is 15.2 Å². The van der Waals surface area contributed by atoms with Crippen LogP contribution in [0.5, 0.6) is 0 Å². The maximum Gasteiger partial charge on any atom is 0.191 e. The number of nitrogens with one attached hydrogen (secondary N) is 2. The monoisotopic (exact) mass is 413 g/mol. The van der Waals surface area contributed by atoms with Gasteiger partial charge in [0.15, 0.2) is 5.96 Å². The normalized spacial score (nSPS) is 10.9. The topological polar surface area (TPSA) is 54.2 Å². The SMILES string of the molecule is CCCCNC(=NC)NCc1ccccc1-n1ccnc1.I. The average Bonchev–Trinajstić information content (AvgIpc) is 3.05. The van der Waals surface area contributed by atoms with Crippen LogP contribution in [0.15, 0.2) is 48.0 Å². The maximum atomic E-state index is 4.24. The van der Waals surface area contributed by atoms with Crippen LogP contribution in [0, 0.1) is 0 Å². The van der Waals surface area contributed by atoms with E-state index >= 15 is 0 Å².